The molecule has 22 atom stereocenters. The lowest BCUT2D eigenvalue weighted by Gasteiger charge is -2.71. The standard InChI is InChI=1S/C78H128O20/c1-13-19-38-85-46-52(88-41-22-16-4)47-91-60(49-87-40-21-15-3)94-65-61(81)66(70-97-68(98-70)51-28-26-25-27-29-51)95-71(67(65)96-69-62(82)64(90-43-24-18-6)63(89-42-23-17-5)55(92-69)48-86-39-20-14-2)93-59-33-34-74(9)56(75(59,10)50-79)32-35-76(11)57(74)31-30-53-54-44-73(7,8)36-37-78(54,72(83)84)58(80)45-77(53,76)12/h25-30,50,52,54-71,80-82H,13-24,31-49H2,1-12H3,(H,83,84)/t52-,54?,55?,56?,57?,58?,59-,60-,61-,62?,63-,64?,65?,66?,67?,68?,69-,70?,71+,74?,75?,76?,77?,78+/m0/s1. The number of aliphatic hydroxyl groups excluding tert-OH is 3. The van der Waals surface area contributed by atoms with Crippen LogP contribution in [0.25, 0.3) is 0 Å². The lowest BCUT2D eigenvalue weighted by molar-refractivity contribution is -0.456. The molecule has 20 heteroatoms. The molecule has 8 aliphatic rings. The fraction of sp³-hybridized carbons (Fsp3) is 0.872. The Kier molecular flexibility index (Phi) is 29.2. The van der Waals surface area contributed by atoms with Crippen LogP contribution in [-0.4, -0.2) is 191 Å². The highest BCUT2D eigenvalue weighted by Gasteiger charge is 2.72. The van der Waals surface area contributed by atoms with E-state index >= 15 is 0 Å². The van der Waals surface area contributed by atoms with Crippen LogP contribution in [0.1, 0.15) is 230 Å². The molecule has 0 radical (unpaired) electrons. The molecule has 3 saturated heterocycles. The summed E-state index contributed by atoms with van der Waals surface area (Å²) < 4.78 is 94.6. The number of carboxylic acids is 1. The van der Waals surface area contributed by atoms with Crippen LogP contribution in [0.5, 0.6) is 0 Å². The molecule has 20 nitrogen and oxygen atoms in total. The van der Waals surface area contributed by atoms with Crippen molar-refractivity contribution in [3.63, 3.8) is 0 Å². The Bertz CT molecular complexity index is 2610. The Morgan fingerprint density at radius 3 is 1.91 bits per heavy atom. The first-order valence-electron chi connectivity index (χ1n) is 38.3. The Hall–Kier alpha value is -2.58. The second-order valence-electron chi connectivity index (χ2n) is 31.8. The number of carboxylic acid groups (broad SMARTS) is 1. The number of fused-ring (bicyclic) bond motifs is 7. The third-order valence-corrected chi connectivity index (χ3v) is 24.6. The van der Waals surface area contributed by atoms with Crippen LogP contribution >= 0.6 is 0 Å². The molecular weight excluding hydrogens is 1260 g/mol. The molecule has 0 bridgehead atoms. The SMILES string of the molecule is CCCCOCC1O[C@@H](OC2C(O[C@@H](COCCCC)OC[C@H](COCCCC)OCCCC)[C@H](O)C(C3OC(c4ccccc4)O3)O[C@H]2O[C@H]2CCC3(C)C(CCC4(C)C3CC=C3C5CC(C)(C)CC[C@]5(C(=O)O)C(O)CC34C)C2(C)C=O)C(O)C(OCCCC)[C@H]1OCCCC. The van der Waals surface area contributed by atoms with Gasteiger partial charge in [-0.15, -0.1) is 0 Å². The highest BCUT2D eigenvalue weighted by molar-refractivity contribution is 5.77. The van der Waals surface area contributed by atoms with Crippen LogP contribution in [0.3, 0.4) is 0 Å². The van der Waals surface area contributed by atoms with Gasteiger partial charge in [-0.1, -0.05) is 164 Å². The number of carbonyl (C=O) groups excluding carboxylic acids is 1. The number of aldehydes is 1. The van der Waals surface area contributed by atoms with Crippen LogP contribution in [0, 0.1) is 50.2 Å². The average Bonchev–Trinajstić information content (AvgIpc) is 0.672. The first-order chi connectivity index (χ1) is 47.1. The Morgan fingerprint density at radius 1 is 0.622 bits per heavy atom. The van der Waals surface area contributed by atoms with Gasteiger partial charge in [0.1, 0.15) is 66.6 Å². The van der Waals surface area contributed by atoms with Crippen LogP contribution in [-0.2, 0) is 75.9 Å². The summed E-state index contributed by atoms with van der Waals surface area (Å²) in [5, 5.41) is 49.8. The van der Waals surface area contributed by atoms with Crippen LogP contribution < -0.4 is 0 Å². The molecular formula is C78H128O20. The molecule has 560 valence electrons. The van der Waals surface area contributed by atoms with E-state index in [0.717, 1.165) is 102 Å². The van der Waals surface area contributed by atoms with Crippen molar-refractivity contribution in [3.8, 4) is 0 Å². The highest BCUT2D eigenvalue weighted by Crippen LogP contribution is 2.76. The third-order valence-electron chi connectivity index (χ3n) is 24.6. The average molecular weight is 1390 g/mol. The topological polar surface area (TPSA) is 244 Å². The molecule has 4 N–H and O–H groups in total. The lowest BCUT2D eigenvalue weighted by atomic mass is 9.33. The minimum atomic E-state index is -1.58. The number of aliphatic hydroxyl groups is 3. The van der Waals surface area contributed by atoms with Crippen molar-refractivity contribution >= 4 is 12.3 Å². The van der Waals surface area contributed by atoms with E-state index in [-0.39, 0.29) is 55.0 Å². The van der Waals surface area contributed by atoms with Crippen LogP contribution in [0.15, 0.2) is 42.0 Å². The summed E-state index contributed by atoms with van der Waals surface area (Å²) in [4.78, 5) is 28.3. The zero-order valence-electron chi connectivity index (χ0n) is 61.8. The van der Waals surface area contributed by atoms with Crippen molar-refractivity contribution in [1.82, 2.24) is 0 Å². The van der Waals surface area contributed by atoms with E-state index in [0.29, 0.717) is 84.6 Å². The van der Waals surface area contributed by atoms with E-state index in [1.807, 2.05) is 37.3 Å². The van der Waals surface area contributed by atoms with E-state index in [1.54, 1.807) is 0 Å². The lowest BCUT2D eigenvalue weighted by Crippen LogP contribution is -2.70. The number of hydrogen-bond donors (Lipinski definition) is 4. The number of allylic oxidation sites excluding steroid dienone is 2. The van der Waals surface area contributed by atoms with E-state index in [4.69, 9.17) is 66.3 Å². The number of hydrogen-bond acceptors (Lipinski definition) is 19. The highest BCUT2D eigenvalue weighted by atomic mass is 16.9. The minimum Gasteiger partial charge on any atom is -0.481 e. The first-order valence-corrected chi connectivity index (χ1v) is 38.3. The number of carbonyl (C=O) groups is 2. The maximum atomic E-state index is 14.7. The van der Waals surface area contributed by atoms with Gasteiger partial charge in [-0.05, 0) is 136 Å². The normalized spacial score (nSPS) is 39.6. The van der Waals surface area contributed by atoms with Crippen molar-refractivity contribution in [2.75, 3.05) is 66.1 Å². The maximum absolute atomic E-state index is 14.7. The second kappa shape index (κ2) is 35.9. The van der Waals surface area contributed by atoms with Gasteiger partial charge in [0.2, 0.25) is 0 Å². The number of aliphatic carboxylic acids is 1. The van der Waals surface area contributed by atoms with Crippen molar-refractivity contribution < 1.29 is 96.3 Å². The number of benzene rings is 1. The Balaban J connectivity index is 1.11. The van der Waals surface area contributed by atoms with Crippen LogP contribution in [0.4, 0.5) is 0 Å². The number of unbranched alkanes of at least 4 members (excludes halogenated alkanes) is 6. The van der Waals surface area contributed by atoms with Crippen molar-refractivity contribution in [2.45, 2.75) is 317 Å². The largest absolute Gasteiger partial charge is 0.481 e. The van der Waals surface area contributed by atoms with Gasteiger partial charge in [0.15, 0.2) is 31.5 Å². The fourth-order valence-electron chi connectivity index (χ4n) is 18.4. The summed E-state index contributed by atoms with van der Waals surface area (Å²) in [6, 6.07) is 9.51. The molecule has 0 aromatic heterocycles. The molecule has 14 unspecified atom stereocenters. The van der Waals surface area contributed by atoms with Gasteiger partial charge in [0.05, 0.1) is 44.1 Å². The third kappa shape index (κ3) is 17.2. The van der Waals surface area contributed by atoms with E-state index in [1.165, 1.54) is 5.57 Å². The van der Waals surface area contributed by atoms with Gasteiger partial charge < -0.3 is 91.5 Å². The monoisotopic (exact) mass is 1380 g/mol. The molecule has 1 aromatic carbocycles. The van der Waals surface area contributed by atoms with Gasteiger partial charge >= 0.3 is 5.97 Å². The number of rotatable bonds is 40. The summed E-state index contributed by atoms with van der Waals surface area (Å²) in [5.41, 5.74) is -1.79. The molecule has 1 aromatic rings. The van der Waals surface area contributed by atoms with Gasteiger partial charge in [0.25, 0.3) is 0 Å². The fourth-order valence-corrected chi connectivity index (χ4v) is 18.4. The molecule has 5 aliphatic carbocycles. The first kappa shape index (κ1) is 79.5. The zero-order chi connectivity index (χ0) is 70.5. The molecule has 9 rings (SSSR count). The van der Waals surface area contributed by atoms with Crippen molar-refractivity contribution in [1.29, 1.82) is 0 Å². The molecule has 0 spiro atoms. The molecule has 4 saturated carbocycles. The van der Waals surface area contributed by atoms with Gasteiger partial charge in [0, 0.05) is 45.2 Å². The van der Waals surface area contributed by atoms with Crippen molar-refractivity contribution in [2.24, 2.45) is 50.2 Å². The van der Waals surface area contributed by atoms with Crippen LogP contribution in [0.2, 0.25) is 0 Å². The minimum absolute atomic E-state index is 0.0539. The summed E-state index contributed by atoms with van der Waals surface area (Å²) in [6.07, 6.45) is 1.20. The van der Waals surface area contributed by atoms with Gasteiger partial charge in [-0.25, -0.2) is 0 Å². The summed E-state index contributed by atoms with van der Waals surface area (Å²) in [5.74, 6) is -1.35. The molecule has 3 aliphatic heterocycles. The molecule has 0 amide bonds. The van der Waals surface area contributed by atoms with E-state index < -0.39 is 126 Å². The molecule has 7 fully saturated rings. The smallest absolute Gasteiger partial charge is 0.312 e. The number of ether oxygens (including phenoxy) is 14. The van der Waals surface area contributed by atoms with Gasteiger partial charge in [-0.2, -0.15) is 0 Å². The molecule has 3 heterocycles. The van der Waals surface area contributed by atoms with Crippen molar-refractivity contribution in [3.05, 3.63) is 47.5 Å². The summed E-state index contributed by atoms with van der Waals surface area (Å²) in [6.45, 7) is 29.1. The predicted octanol–water partition coefficient (Wildman–Crippen LogP) is 12.8. The zero-order valence-corrected chi connectivity index (χ0v) is 61.8. The van der Waals surface area contributed by atoms with E-state index in [9.17, 15) is 30.0 Å². The Morgan fingerprint density at radius 2 is 1.26 bits per heavy atom. The summed E-state index contributed by atoms with van der Waals surface area (Å²) in [7, 11) is 0. The maximum Gasteiger partial charge on any atom is 0.312 e. The summed E-state index contributed by atoms with van der Waals surface area (Å²) >= 11 is 0. The quantitative estimate of drug-likeness (QED) is 0.0157. The van der Waals surface area contributed by atoms with E-state index in [2.05, 4.69) is 82.2 Å². The second-order valence-corrected chi connectivity index (χ2v) is 31.8. The predicted molar refractivity (Wildman–Crippen MR) is 368 cm³/mol. The Labute approximate surface area is 586 Å². The van der Waals surface area contributed by atoms with Gasteiger partial charge in [-0.3, -0.25) is 4.79 Å². The molecule has 98 heavy (non-hydrogen) atoms.